The summed E-state index contributed by atoms with van der Waals surface area (Å²) >= 11 is 0. The lowest BCUT2D eigenvalue weighted by Gasteiger charge is -2.37. The molecule has 0 bridgehead atoms. The van der Waals surface area contributed by atoms with E-state index >= 15 is 0 Å². The number of aliphatic hydroxyl groups excluding tert-OH is 1. The zero-order valence-corrected chi connectivity index (χ0v) is 21.3. The number of aryl methyl sites for hydroxylation is 1. The van der Waals surface area contributed by atoms with Crippen LogP contribution in [0.1, 0.15) is 48.5 Å². The van der Waals surface area contributed by atoms with Gasteiger partial charge in [0.15, 0.2) is 0 Å². The van der Waals surface area contributed by atoms with Crippen molar-refractivity contribution in [1.29, 1.82) is 0 Å². The molecule has 0 spiro atoms. The van der Waals surface area contributed by atoms with Crippen molar-refractivity contribution in [2.45, 2.75) is 44.4 Å². The van der Waals surface area contributed by atoms with Gasteiger partial charge in [0.25, 0.3) is 0 Å². The topological polar surface area (TPSA) is 82.9 Å². The predicted octanol–water partition coefficient (Wildman–Crippen LogP) is 5.73. The summed E-state index contributed by atoms with van der Waals surface area (Å²) in [6, 6.07) is 12.6. The Morgan fingerprint density at radius 1 is 1.21 bits per heavy atom. The van der Waals surface area contributed by atoms with Gasteiger partial charge in [-0.3, -0.25) is 9.78 Å². The molecule has 1 fully saturated rings. The van der Waals surface area contributed by atoms with E-state index in [9.17, 15) is 28.2 Å². The minimum atomic E-state index is -4.36. The first-order valence-corrected chi connectivity index (χ1v) is 12.9. The molecule has 3 aromatic rings. The number of carbonyl (C=O) groups is 1. The van der Waals surface area contributed by atoms with E-state index in [2.05, 4.69) is 9.88 Å². The van der Waals surface area contributed by atoms with Crippen molar-refractivity contribution in [2.75, 3.05) is 26.7 Å². The lowest BCUT2D eigenvalue weighted by atomic mass is 9.81. The molecule has 1 saturated heterocycles. The number of aromatic nitrogens is 1. The number of fused-ring (bicyclic) bond motifs is 1. The fraction of sp³-hybridized carbons (Fsp3) is 0.448. The number of methoxy groups -OCH3 is 1. The number of aliphatic carboxylic acids is 1. The number of hydrogen-bond donors (Lipinski definition) is 2. The van der Waals surface area contributed by atoms with Crippen LogP contribution in [0.15, 0.2) is 54.7 Å². The Kier molecular flexibility index (Phi) is 8.89. The maximum Gasteiger partial charge on any atom is 0.416 e. The largest absolute Gasteiger partial charge is 0.497 e. The number of piperidine rings is 1. The highest BCUT2D eigenvalue weighted by molar-refractivity contribution is 5.83. The Balaban J connectivity index is 1.32. The fourth-order valence-corrected chi connectivity index (χ4v) is 5.40. The van der Waals surface area contributed by atoms with Crippen LogP contribution in [0.2, 0.25) is 0 Å². The highest BCUT2D eigenvalue weighted by Crippen LogP contribution is 2.34. The first-order chi connectivity index (χ1) is 18.2. The molecule has 0 aliphatic carbocycles. The summed E-state index contributed by atoms with van der Waals surface area (Å²) in [5.74, 6) is -0.806. The molecule has 6 nitrogen and oxygen atoms in total. The van der Waals surface area contributed by atoms with E-state index in [0.717, 1.165) is 29.1 Å². The van der Waals surface area contributed by atoms with Crippen molar-refractivity contribution < 1.29 is 32.9 Å². The first-order valence-electron chi connectivity index (χ1n) is 12.9. The molecular weight excluding hydrogens is 497 g/mol. The van der Waals surface area contributed by atoms with E-state index < -0.39 is 29.7 Å². The van der Waals surface area contributed by atoms with Crippen molar-refractivity contribution in [3.8, 4) is 5.75 Å². The summed E-state index contributed by atoms with van der Waals surface area (Å²) in [4.78, 5) is 18.5. The molecule has 9 heteroatoms. The molecule has 0 radical (unpaired) electrons. The second-order valence-electron chi connectivity index (χ2n) is 9.97. The molecule has 38 heavy (non-hydrogen) atoms. The van der Waals surface area contributed by atoms with E-state index in [-0.39, 0.29) is 5.92 Å². The van der Waals surface area contributed by atoms with E-state index in [1.165, 1.54) is 12.1 Å². The second-order valence-corrected chi connectivity index (χ2v) is 9.97. The zero-order valence-electron chi connectivity index (χ0n) is 21.3. The van der Waals surface area contributed by atoms with Crippen molar-refractivity contribution in [3.63, 3.8) is 0 Å². The van der Waals surface area contributed by atoms with Gasteiger partial charge in [0, 0.05) is 18.1 Å². The summed E-state index contributed by atoms with van der Waals surface area (Å²) in [6.45, 7) is 1.75. The monoisotopic (exact) mass is 530 g/mol. The fourth-order valence-electron chi connectivity index (χ4n) is 5.40. The van der Waals surface area contributed by atoms with Gasteiger partial charge < -0.3 is 19.8 Å². The van der Waals surface area contributed by atoms with Crippen molar-refractivity contribution in [2.24, 2.45) is 11.8 Å². The average molecular weight is 531 g/mol. The molecule has 1 aliphatic heterocycles. The lowest BCUT2D eigenvalue weighted by molar-refractivity contribution is -0.146. The number of likely N-dealkylation sites (tertiary alicyclic amines) is 1. The Morgan fingerprint density at radius 2 is 2.03 bits per heavy atom. The van der Waals surface area contributed by atoms with Gasteiger partial charge >= 0.3 is 12.1 Å². The number of benzene rings is 2. The molecular formula is C29H33F3N2O4. The first kappa shape index (κ1) is 27.9. The van der Waals surface area contributed by atoms with Gasteiger partial charge in [-0.2, -0.15) is 13.2 Å². The van der Waals surface area contributed by atoms with Crippen LogP contribution in [-0.2, 0) is 17.4 Å². The molecule has 0 unspecified atom stereocenters. The number of carboxylic acid groups (broad SMARTS) is 1. The van der Waals surface area contributed by atoms with E-state index in [1.54, 1.807) is 25.4 Å². The smallest absolute Gasteiger partial charge is 0.416 e. The van der Waals surface area contributed by atoms with Gasteiger partial charge in [-0.05, 0) is 92.6 Å². The average Bonchev–Trinajstić information content (AvgIpc) is 2.91. The maximum absolute atomic E-state index is 13.0. The normalized spacial score (nSPS) is 19.4. The van der Waals surface area contributed by atoms with E-state index in [0.29, 0.717) is 56.5 Å². The number of halogens is 3. The third-order valence-corrected chi connectivity index (χ3v) is 7.50. The third-order valence-electron chi connectivity index (χ3n) is 7.50. The summed E-state index contributed by atoms with van der Waals surface area (Å²) in [5, 5.41) is 21.7. The molecule has 1 aliphatic rings. The maximum atomic E-state index is 13.0. The molecule has 2 aromatic carbocycles. The Bertz CT molecular complexity index is 1250. The van der Waals surface area contributed by atoms with Crippen LogP contribution in [0.3, 0.4) is 0 Å². The molecule has 204 valence electrons. The van der Waals surface area contributed by atoms with Crippen LogP contribution in [0.5, 0.6) is 5.75 Å². The summed E-state index contributed by atoms with van der Waals surface area (Å²) < 4.78 is 44.2. The van der Waals surface area contributed by atoms with Crippen LogP contribution in [0.25, 0.3) is 10.9 Å². The summed E-state index contributed by atoms with van der Waals surface area (Å²) in [7, 11) is 1.58. The highest BCUT2D eigenvalue weighted by Gasteiger charge is 2.34. The molecule has 0 amide bonds. The SMILES string of the molecule is COc1ccc2nccc([C@@H](O)CC[C@@H]3CCN(CCCc4cccc(C(F)(F)F)c4)C[C@@H]3C(=O)O)c2c1. The van der Waals surface area contributed by atoms with Crippen molar-refractivity contribution in [1.82, 2.24) is 9.88 Å². The Morgan fingerprint density at radius 3 is 2.76 bits per heavy atom. The molecule has 2 N–H and O–H groups in total. The number of alkyl halides is 3. The second kappa shape index (κ2) is 12.1. The number of ether oxygens (including phenoxy) is 1. The molecule has 4 rings (SSSR count). The van der Waals surface area contributed by atoms with Gasteiger partial charge in [-0.1, -0.05) is 18.2 Å². The number of carboxylic acids is 1. The van der Waals surface area contributed by atoms with Gasteiger partial charge in [0.05, 0.1) is 30.2 Å². The number of nitrogens with zero attached hydrogens (tertiary/aromatic N) is 2. The minimum Gasteiger partial charge on any atom is -0.497 e. The van der Waals surface area contributed by atoms with Gasteiger partial charge in [-0.25, -0.2) is 0 Å². The predicted molar refractivity (Wildman–Crippen MR) is 138 cm³/mol. The zero-order chi connectivity index (χ0) is 27.3. The Labute approximate surface area is 220 Å². The van der Waals surface area contributed by atoms with Crippen molar-refractivity contribution >= 4 is 16.9 Å². The lowest BCUT2D eigenvalue weighted by Crippen LogP contribution is -2.44. The van der Waals surface area contributed by atoms with Crippen LogP contribution in [-0.4, -0.2) is 52.8 Å². The highest BCUT2D eigenvalue weighted by atomic mass is 19.4. The van der Waals surface area contributed by atoms with Crippen LogP contribution in [0, 0.1) is 11.8 Å². The quantitative estimate of drug-likeness (QED) is 0.348. The van der Waals surface area contributed by atoms with Gasteiger partial charge in [0.2, 0.25) is 0 Å². The standard InChI is InChI=1S/C29H33F3N2O4/c1-38-22-8-9-26-24(17-22)23(11-13-33-26)27(35)10-7-20-12-15-34(18-25(20)28(36)37)14-3-5-19-4-2-6-21(16-19)29(30,31)32/h2,4,6,8-9,11,13,16-17,20,25,27,35H,3,5,7,10,12,14-15,18H2,1H3,(H,36,37)/t20-,25+,27+/m1/s1. The molecule has 3 atom stereocenters. The molecule has 1 aromatic heterocycles. The van der Waals surface area contributed by atoms with E-state index in [1.807, 2.05) is 18.2 Å². The molecule has 2 heterocycles. The Hall–Kier alpha value is -3.17. The van der Waals surface area contributed by atoms with Gasteiger partial charge in [-0.15, -0.1) is 0 Å². The molecule has 0 saturated carbocycles. The van der Waals surface area contributed by atoms with E-state index in [4.69, 9.17) is 4.74 Å². The van der Waals surface area contributed by atoms with Gasteiger partial charge in [0.1, 0.15) is 5.75 Å². The number of rotatable bonds is 10. The summed E-state index contributed by atoms with van der Waals surface area (Å²) in [5.41, 5.74) is 1.47. The van der Waals surface area contributed by atoms with Crippen LogP contribution in [0.4, 0.5) is 13.2 Å². The minimum absolute atomic E-state index is 0.0653. The number of aliphatic hydroxyl groups is 1. The summed E-state index contributed by atoms with van der Waals surface area (Å²) in [6.07, 6.45) is -0.619. The van der Waals surface area contributed by atoms with Crippen LogP contribution >= 0.6 is 0 Å². The van der Waals surface area contributed by atoms with Crippen molar-refractivity contribution in [3.05, 3.63) is 71.4 Å². The number of pyridine rings is 1. The van der Waals surface area contributed by atoms with Crippen LogP contribution < -0.4 is 4.74 Å². The third kappa shape index (κ3) is 6.82. The number of hydrogen-bond acceptors (Lipinski definition) is 5.